The highest BCUT2D eigenvalue weighted by atomic mass is 32.2. The molecule has 0 saturated heterocycles. The van der Waals surface area contributed by atoms with Gasteiger partial charge in [-0.15, -0.1) is 5.10 Å². The molecular weight excluding hydrogens is 326 g/mol. The van der Waals surface area contributed by atoms with Gasteiger partial charge in [-0.3, -0.25) is 4.79 Å². The number of hydrogen-bond acceptors (Lipinski definition) is 6. The number of benzene rings is 1. The van der Waals surface area contributed by atoms with E-state index in [0.717, 1.165) is 24.3 Å². The van der Waals surface area contributed by atoms with Crippen molar-refractivity contribution >= 4 is 17.7 Å². The second kappa shape index (κ2) is 7.65. The molecular formula is C16H21N5O2S. The quantitative estimate of drug-likeness (QED) is 0.807. The maximum Gasteiger partial charge on any atom is 0.233 e. The van der Waals surface area contributed by atoms with Gasteiger partial charge < -0.3 is 10.1 Å². The first-order valence-corrected chi connectivity index (χ1v) is 8.95. The van der Waals surface area contributed by atoms with Crippen LogP contribution < -0.4 is 10.1 Å². The molecule has 2 aromatic rings. The van der Waals surface area contributed by atoms with Crippen molar-refractivity contribution in [2.75, 3.05) is 7.11 Å². The van der Waals surface area contributed by atoms with Crippen molar-refractivity contribution in [3.63, 3.8) is 0 Å². The molecule has 0 bridgehead atoms. The van der Waals surface area contributed by atoms with Crippen LogP contribution >= 0.6 is 11.8 Å². The van der Waals surface area contributed by atoms with Crippen molar-refractivity contribution in [1.82, 2.24) is 25.5 Å². The number of ether oxygens (including phenoxy) is 1. The number of thioether (sulfide) groups is 1. The van der Waals surface area contributed by atoms with Crippen LogP contribution in [0.15, 0.2) is 29.4 Å². The van der Waals surface area contributed by atoms with Crippen LogP contribution in [0.5, 0.6) is 5.75 Å². The van der Waals surface area contributed by atoms with E-state index >= 15 is 0 Å². The summed E-state index contributed by atoms with van der Waals surface area (Å²) < 4.78 is 6.79. The molecule has 128 valence electrons. The fraction of sp³-hybridized carbons (Fsp3) is 0.500. The highest BCUT2D eigenvalue weighted by Gasteiger charge is 2.23. The predicted octanol–water partition coefficient (Wildman–Crippen LogP) is 2.21. The van der Waals surface area contributed by atoms with E-state index in [0.29, 0.717) is 11.2 Å². The number of hydrogen-bond donors (Lipinski definition) is 1. The maximum atomic E-state index is 12.3. The average molecular weight is 347 g/mol. The minimum Gasteiger partial charge on any atom is -0.497 e. The van der Waals surface area contributed by atoms with Gasteiger partial charge in [0.2, 0.25) is 11.1 Å². The van der Waals surface area contributed by atoms with Crippen LogP contribution in [0.1, 0.15) is 32.6 Å². The molecule has 24 heavy (non-hydrogen) atoms. The summed E-state index contributed by atoms with van der Waals surface area (Å²) in [6, 6.07) is 7.77. The molecule has 1 N–H and O–H groups in total. The Labute approximate surface area is 145 Å². The summed E-state index contributed by atoms with van der Waals surface area (Å²) in [4.78, 5) is 12.3. The van der Waals surface area contributed by atoms with Gasteiger partial charge >= 0.3 is 0 Å². The van der Waals surface area contributed by atoms with Gasteiger partial charge in [-0.25, -0.2) is 0 Å². The van der Waals surface area contributed by atoms with Crippen LogP contribution in [-0.2, 0) is 4.79 Å². The number of aromatic nitrogens is 4. The van der Waals surface area contributed by atoms with Gasteiger partial charge in [0.05, 0.1) is 18.0 Å². The summed E-state index contributed by atoms with van der Waals surface area (Å²) >= 11 is 1.36. The zero-order valence-electron chi connectivity index (χ0n) is 13.8. The molecule has 1 amide bonds. The summed E-state index contributed by atoms with van der Waals surface area (Å²) in [5.41, 5.74) is 0.826. The highest BCUT2D eigenvalue weighted by Crippen LogP contribution is 2.25. The topological polar surface area (TPSA) is 81.9 Å². The number of methoxy groups -OCH3 is 1. The second-order valence-corrected chi connectivity index (χ2v) is 7.13. The third-order valence-electron chi connectivity index (χ3n) is 4.11. The van der Waals surface area contributed by atoms with E-state index in [1.807, 2.05) is 31.2 Å². The third-order valence-corrected chi connectivity index (χ3v) is 5.14. The zero-order valence-corrected chi connectivity index (χ0v) is 14.6. The van der Waals surface area contributed by atoms with Crippen LogP contribution in [0.3, 0.4) is 0 Å². The first kappa shape index (κ1) is 16.8. The molecule has 1 aromatic heterocycles. The van der Waals surface area contributed by atoms with Crippen molar-refractivity contribution in [1.29, 1.82) is 0 Å². The van der Waals surface area contributed by atoms with Gasteiger partial charge in [0.25, 0.3) is 0 Å². The van der Waals surface area contributed by atoms with Crippen LogP contribution in [0, 0.1) is 0 Å². The summed E-state index contributed by atoms with van der Waals surface area (Å²) in [6.45, 7) is 1.88. The fourth-order valence-electron chi connectivity index (χ4n) is 2.74. The summed E-state index contributed by atoms with van der Waals surface area (Å²) in [6.07, 6.45) is 4.55. The Kier molecular flexibility index (Phi) is 5.34. The van der Waals surface area contributed by atoms with Gasteiger partial charge in [-0.05, 0) is 54.5 Å². The van der Waals surface area contributed by atoms with E-state index in [2.05, 4.69) is 20.8 Å². The van der Waals surface area contributed by atoms with E-state index in [9.17, 15) is 4.79 Å². The van der Waals surface area contributed by atoms with E-state index in [1.165, 1.54) is 24.6 Å². The molecule has 1 aromatic carbocycles. The first-order chi connectivity index (χ1) is 11.7. The lowest BCUT2D eigenvalue weighted by Crippen LogP contribution is -2.37. The molecule has 8 heteroatoms. The number of tetrazole rings is 1. The smallest absolute Gasteiger partial charge is 0.233 e. The van der Waals surface area contributed by atoms with Crippen LogP contribution in [-0.4, -0.2) is 44.5 Å². The Morgan fingerprint density at radius 3 is 2.71 bits per heavy atom. The van der Waals surface area contributed by atoms with Crippen LogP contribution in [0.4, 0.5) is 0 Å². The number of amides is 1. The SMILES string of the molecule is COc1ccc(-n2nnnc2S[C@H](C)C(=O)NC2CCCC2)cc1. The molecule has 7 nitrogen and oxygen atoms in total. The monoisotopic (exact) mass is 347 g/mol. The van der Waals surface area contributed by atoms with Gasteiger partial charge in [-0.2, -0.15) is 4.68 Å². The van der Waals surface area contributed by atoms with Crippen molar-refractivity contribution in [2.24, 2.45) is 0 Å². The normalized spacial score (nSPS) is 16.1. The predicted molar refractivity (Wildman–Crippen MR) is 91.4 cm³/mol. The lowest BCUT2D eigenvalue weighted by molar-refractivity contribution is -0.120. The molecule has 1 aliphatic carbocycles. The van der Waals surface area contributed by atoms with E-state index in [4.69, 9.17) is 4.74 Å². The lowest BCUT2D eigenvalue weighted by Gasteiger charge is -2.16. The number of nitrogens with zero attached hydrogens (tertiary/aromatic N) is 4. The van der Waals surface area contributed by atoms with E-state index < -0.39 is 0 Å². The number of carbonyl (C=O) groups excluding carboxylic acids is 1. The largest absolute Gasteiger partial charge is 0.497 e. The van der Waals surface area contributed by atoms with Gasteiger partial charge in [0, 0.05) is 6.04 Å². The third kappa shape index (κ3) is 3.87. The number of rotatable bonds is 6. The van der Waals surface area contributed by atoms with Crippen LogP contribution in [0.25, 0.3) is 5.69 Å². The Morgan fingerprint density at radius 1 is 1.33 bits per heavy atom. The molecule has 1 aliphatic rings. The Balaban J connectivity index is 1.66. The van der Waals surface area contributed by atoms with Gasteiger partial charge in [0.15, 0.2) is 0 Å². The number of nitrogens with one attached hydrogen (secondary N) is 1. The van der Waals surface area contributed by atoms with Crippen molar-refractivity contribution in [3.8, 4) is 11.4 Å². The molecule has 1 fully saturated rings. The average Bonchev–Trinajstić information content (AvgIpc) is 3.27. The summed E-state index contributed by atoms with van der Waals surface area (Å²) in [5, 5.41) is 15.2. The van der Waals surface area contributed by atoms with E-state index in [1.54, 1.807) is 11.8 Å². The summed E-state index contributed by atoms with van der Waals surface area (Å²) in [5.74, 6) is 0.807. The standard InChI is InChI=1S/C16H21N5O2S/c1-11(15(22)17-12-5-3-4-6-12)24-16-18-19-20-21(16)13-7-9-14(23-2)10-8-13/h7-12H,3-6H2,1-2H3,(H,17,22)/t11-/m1/s1. The molecule has 3 rings (SSSR count). The van der Waals surface area contributed by atoms with Crippen LogP contribution in [0.2, 0.25) is 0 Å². The molecule has 0 aliphatic heterocycles. The van der Waals surface area contributed by atoms with Gasteiger partial charge in [-0.1, -0.05) is 24.6 Å². The van der Waals surface area contributed by atoms with Gasteiger partial charge in [0.1, 0.15) is 5.75 Å². The minimum absolute atomic E-state index is 0.0381. The lowest BCUT2D eigenvalue weighted by atomic mass is 10.2. The second-order valence-electron chi connectivity index (χ2n) is 5.82. The molecule has 0 radical (unpaired) electrons. The molecule has 1 atom stereocenters. The van der Waals surface area contributed by atoms with Crippen molar-refractivity contribution < 1.29 is 9.53 Å². The first-order valence-electron chi connectivity index (χ1n) is 8.07. The van der Waals surface area contributed by atoms with Crippen molar-refractivity contribution in [3.05, 3.63) is 24.3 Å². The Bertz CT molecular complexity index is 682. The van der Waals surface area contributed by atoms with E-state index in [-0.39, 0.29) is 11.2 Å². The summed E-state index contributed by atoms with van der Waals surface area (Å²) in [7, 11) is 1.62. The maximum absolute atomic E-state index is 12.3. The fourth-order valence-corrected chi connectivity index (χ4v) is 3.55. The molecule has 0 unspecified atom stereocenters. The number of carbonyl (C=O) groups is 1. The zero-order chi connectivity index (χ0) is 16.9. The Morgan fingerprint density at radius 2 is 2.04 bits per heavy atom. The minimum atomic E-state index is -0.256. The molecule has 0 spiro atoms. The Hall–Kier alpha value is -2.09. The molecule has 1 saturated carbocycles. The van der Waals surface area contributed by atoms with Crippen molar-refractivity contribution in [2.45, 2.75) is 49.1 Å². The molecule has 1 heterocycles. The highest BCUT2D eigenvalue weighted by molar-refractivity contribution is 8.00.